The zero-order valence-corrected chi connectivity index (χ0v) is 10.5. The number of halogens is 2. The number of hydrogen-bond donors (Lipinski definition) is 1. The fourth-order valence-corrected chi connectivity index (χ4v) is 1.71. The summed E-state index contributed by atoms with van der Waals surface area (Å²) in [5.41, 5.74) is 0.724. The highest BCUT2D eigenvalue weighted by molar-refractivity contribution is 6.33. The number of methoxy groups -OCH3 is 1. The van der Waals surface area contributed by atoms with Gasteiger partial charge in [0, 0.05) is 0 Å². The highest BCUT2D eigenvalue weighted by atomic mass is 35.5. The molecule has 0 bridgehead atoms. The molecule has 1 heterocycles. The smallest absolute Gasteiger partial charge is 0.199 e. The molecule has 0 aliphatic heterocycles. The van der Waals surface area contributed by atoms with Gasteiger partial charge in [0.2, 0.25) is 0 Å². The van der Waals surface area contributed by atoms with Gasteiger partial charge >= 0.3 is 0 Å². The molecule has 1 aromatic heterocycles. The molecule has 0 amide bonds. The molecule has 0 spiro atoms. The lowest BCUT2D eigenvalue weighted by Gasteiger charge is -2.11. The van der Waals surface area contributed by atoms with Crippen LogP contribution in [-0.4, -0.2) is 17.1 Å². The largest absolute Gasteiger partial charge is 0.490 e. The van der Waals surface area contributed by atoms with Gasteiger partial charge in [-0.3, -0.25) is 0 Å². The molecule has 0 fully saturated rings. The number of para-hydroxylation sites is 1. The normalized spacial score (nSPS) is 10.1. The van der Waals surface area contributed by atoms with Gasteiger partial charge in [0.1, 0.15) is 6.33 Å². The summed E-state index contributed by atoms with van der Waals surface area (Å²) in [7, 11) is 1.50. The van der Waals surface area contributed by atoms with E-state index in [2.05, 4.69) is 15.3 Å². The first-order chi connectivity index (χ1) is 8.22. The Kier molecular flexibility index (Phi) is 3.66. The molecular weight excluding hydrogens is 261 g/mol. The number of aromatic nitrogens is 2. The molecule has 0 aliphatic carbocycles. The Labute approximate surface area is 109 Å². The molecule has 17 heavy (non-hydrogen) atoms. The molecule has 1 N–H and O–H groups in total. The van der Waals surface area contributed by atoms with Crippen molar-refractivity contribution in [2.75, 3.05) is 12.4 Å². The SMILES string of the molecule is COc1c(Cl)ncnc1Nc1ccccc1Cl. The van der Waals surface area contributed by atoms with Gasteiger partial charge < -0.3 is 10.1 Å². The lowest BCUT2D eigenvalue weighted by atomic mass is 10.3. The Bertz CT molecular complexity index is 534. The van der Waals surface area contributed by atoms with E-state index in [1.54, 1.807) is 6.07 Å². The van der Waals surface area contributed by atoms with Gasteiger partial charge in [-0.1, -0.05) is 35.3 Å². The van der Waals surface area contributed by atoms with E-state index in [0.717, 1.165) is 5.69 Å². The quantitative estimate of drug-likeness (QED) is 0.866. The van der Waals surface area contributed by atoms with Crippen molar-refractivity contribution >= 4 is 34.7 Å². The minimum atomic E-state index is 0.247. The first-order valence-corrected chi connectivity index (χ1v) is 5.54. The van der Waals surface area contributed by atoms with E-state index < -0.39 is 0 Å². The second-order valence-corrected chi connectivity index (χ2v) is 3.92. The molecule has 0 unspecified atom stereocenters. The van der Waals surface area contributed by atoms with Crippen LogP contribution in [0, 0.1) is 0 Å². The van der Waals surface area contributed by atoms with Crippen LogP contribution in [0.4, 0.5) is 11.5 Å². The highest BCUT2D eigenvalue weighted by Gasteiger charge is 2.11. The number of rotatable bonds is 3. The zero-order valence-electron chi connectivity index (χ0n) is 8.95. The van der Waals surface area contributed by atoms with Crippen LogP contribution in [0.1, 0.15) is 0 Å². The fourth-order valence-electron chi connectivity index (χ4n) is 1.31. The molecule has 6 heteroatoms. The molecule has 0 atom stereocenters. The van der Waals surface area contributed by atoms with Crippen LogP contribution in [0.15, 0.2) is 30.6 Å². The molecule has 0 radical (unpaired) electrons. The van der Waals surface area contributed by atoms with Crippen molar-refractivity contribution in [2.45, 2.75) is 0 Å². The first kappa shape index (κ1) is 12.0. The Morgan fingerprint density at radius 1 is 1.18 bits per heavy atom. The van der Waals surface area contributed by atoms with E-state index >= 15 is 0 Å². The predicted molar refractivity (Wildman–Crippen MR) is 68.3 cm³/mol. The van der Waals surface area contributed by atoms with Crippen LogP contribution in [0.5, 0.6) is 5.75 Å². The average Bonchev–Trinajstić information content (AvgIpc) is 2.32. The Hall–Kier alpha value is -1.52. The van der Waals surface area contributed by atoms with E-state index in [0.29, 0.717) is 16.6 Å². The summed E-state index contributed by atoms with van der Waals surface area (Å²) < 4.78 is 5.13. The predicted octanol–water partition coefficient (Wildman–Crippen LogP) is 3.54. The number of hydrogen-bond acceptors (Lipinski definition) is 4. The lowest BCUT2D eigenvalue weighted by Crippen LogP contribution is -1.99. The molecule has 2 rings (SSSR count). The summed E-state index contributed by atoms with van der Waals surface area (Å²) in [5.74, 6) is 0.856. The van der Waals surface area contributed by atoms with Crippen molar-refractivity contribution in [3.8, 4) is 5.75 Å². The summed E-state index contributed by atoms with van der Waals surface area (Å²) in [6.07, 6.45) is 1.35. The van der Waals surface area contributed by atoms with Crippen LogP contribution < -0.4 is 10.1 Å². The van der Waals surface area contributed by atoms with Crippen LogP contribution in [0.2, 0.25) is 10.2 Å². The molecule has 2 aromatic rings. The van der Waals surface area contributed by atoms with E-state index in [4.69, 9.17) is 27.9 Å². The maximum Gasteiger partial charge on any atom is 0.199 e. The molecule has 0 aliphatic rings. The number of anilines is 2. The van der Waals surface area contributed by atoms with Crippen molar-refractivity contribution in [3.63, 3.8) is 0 Å². The van der Waals surface area contributed by atoms with Crippen LogP contribution in [0.3, 0.4) is 0 Å². The number of ether oxygens (including phenoxy) is 1. The maximum atomic E-state index is 6.03. The average molecular weight is 270 g/mol. The Morgan fingerprint density at radius 3 is 2.65 bits per heavy atom. The summed E-state index contributed by atoms with van der Waals surface area (Å²) in [6.45, 7) is 0. The Balaban J connectivity index is 2.37. The third kappa shape index (κ3) is 2.60. The molecule has 1 aromatic carbocycles. The van der Waals surface area contributed by atoms with Gasteiger partial charge in [-0.05, 0) is 12.1 Å². The Morgan fingerprint density at radius 2 is 1.94 bits per heavy atom. The van der Waals surface area contributed by atoms with Gasteiger partial charge in [-0.2, -0.15) is 0 Å². The van der Waals surface area contributed by atoms with E-state index in [9.17, 15) is 0 Å². The van der Waals surface area contributed by atoms with Crippen LogP contribution in [0.25, 0.3) is 0 Å². The summed E-state index contributed by atoms with van der Waals surface area (Å²) in [5, 5.41) is 3.87. The second kappa shape index (κ2) is 5.21. The molecule has 0 saturated heterocycles. The third-order valence-electron chi connectivity index (χ3n) is 2.09. The first-order valence-electron chi connectivity index (χ1n) is 4.78. The molecule has 4 nitrogen and oxygen atoms in total. The van der Waals surface area contributed by atoms with Gasteiger partial charge in [-0.25, -0.2) is 9.97 Å². The van der Waals surface area contributed by atoms with Crippen molar-refractivity contribution in [3.05, 3.63) is 40.8 Å². The zero-order chi connectivity index (χ0) is 12.3. The topological polar surface area (TPSA) is 47.0 Å². The third-order valence-corrected chi connectivity index (χ3v) is 2.69. The number of nitrogens with zero attached hydrogens (tertiary/aromatic N) is 2. The highest BCUT2D eigenvalue weighted by Crippen LogP contribution is 2.32. The summed E-state index contributed by atoms with van der Waals surface area (Å²) in [4.78, 5) is 7.89. The van der Waals surface area contributed by atoms with Gasteiger partial charge in [0.15, 0.2) is 16.7 Å². The summed E-state index contributed by atoms with van der Waals surface area (Å²) in [6, 6.07) is 7.32. The van der Waals surface area contributed by atoms with Gasteiger partial charge in [0.25, 0.3) is 0 Å². The van der Waals surface area contributed by atoms with Crippen LogP contribution >= 0.6 is 23.2 Å². The standard InChI is InChI=1S/C11H9Cl2N3O/c1-17-9-10(13)14-6-15-11(9)16-8-5-3-2-4-7(8)12/h2-6H,1H3,(H,14,15,16). The fraction of sp³-hybridized carbons (Fsp3) is 0.0909. The van der Waals surface area contributed by atoms with Crippen molar-refractivity contribution in [2.24, 2.45) is 0 Å². The number of benzene rings is 1. The monoisotopic (exact) mass is 269 g/mol. The minimum Gasteiger partial charge on any atom is -0.490 e. The lowest BCUT2D eigenvalue weighted by molar-refractivity contribution is 0.413. The van der Waals surface area contributed by atoms with Crippen molar-refractivity contribution in [1.29, 1.82) is 0 Å². The van der Waals surface area contributed by atoms with Gasteiger partial charge in [-0.15, -0.1) is 0 Å². The number of nitrogens with one attached hydrogen (secondary N) is 1. The van der Waals surface area contributed by atoms with Crippen LogP contribution in [-0.2, 0) is 0 Å². The van der Waals surface area contributed by atoms with E-state index in [-0.39, 0.29) is 5.15 Å². The molecular formula is C11H9Cl2N3O. The van der Waals surface area contributed by atoms with Gasteiger partial charge in [0.05, 0.1) is 17.8 Å². The summed E-state index contributed by atoms with van der Waals surface area (Å²) >= 11 is 11.9. The van der Waals surface area contributed by atoms with Crippen molar-refractivity contribution in [1.82, 2.24) is 9.97 Å². The van der Waals surface area contributed by atoms with Crippen molar-refractivity contribution < 1.29 is 4.74 Å². The second-order valence-electron chi connectivity index (χ2n) is 3.15. The van der Waals surface area contributed by atoms with E-state index in [1.165, 1.54) is 13.4 Å². The molecule has 0 saturated carbocycles. The minimum absolute atomic E-state index is 0.247. The molecule has 88 valence electrons. The maximum absolute atomic E-state index is 6.03. The van der Waals surface area contributed by atoms with E-state index in [1.807, 2.05) is 18.2 Å².